The molecule has 3 atom stereocenters. The molecule has 3 fully saturated rings. The van der Waals surface area contributed by atoms with Crippen LogP contribution in [-0.2, 0) is 4.74 Å². The molecule has 2 saturated heterocycles. The minimum absolute atomic E-state index is 0.0315. The van der Waals surface area contributed by atoms with Crippen molar-refractivity contribution >= 4 is 29.2 Å². The van der Waals surface area contributed by atoms with Crippen molar-refractivity contribution in [3.8, 4) is 0 Å². The van der Waals surface area contributed by atoms with E-state index in [2.05, 4.69) is 30.8 Å². The van der Waals surface area contributed by atoms with Crippen LogP contribution in [0.1, 0.15) is 41.4 Å². The fourth-order valence-corrected chi connectivity index (χ4v) is 5.28. The number of aromatic nitrogens is 4. The third-order valence-electron chi connectivity index (χ3n) is 6.86. The zero-order chi connectivity index (χ0) is 23.1. The summed E-state index contributed by atoms with van der Waals surface area (Å²) >= 11 is 0. The van der Waals surface area contributed by atoms with Gasteiger partial charge < -0.3 is 25.6 Å². The van der Waals surface area contributed by atoms with Gasteiger partial charge in [0.1, 0.15) is 5.82 Å². The van der Waals surface area contributed by atoms with E-state index in [9.17, 15) is 9.59 Å². The molecule has 1 aliphatic carbocycles. The predicted octanol–water partition coefficient (Wildman–Crippen LogP) is 1.53. The Kier molecular flexibility index (Phi) is 5.25. The lowest BCUT2D eigenvalue weighted by Gasteiger charge is -2.31. The Hall–Kier alpha value is -3.73. The van der Waals surface area contributed by atoms with Crippen LogP contribution in [0.15, 0.2) is 36.8 Å². The molecule has 0 aromatic carbocycles. The molecule has 3 N–H and O–H groups in total. The summed E-state index contributed by atoms with van der Waals surface area (Å²) in [6.45, 7) is 2.69. The number of urea groups is 1. The highest BCUT2D eigenvalue weighted by Crippen LogP contribution is 2.37. The molecule has 3 unspecified atom stereocenters. The molecular formula is C23H26N8O3. The normalized spacial score (nSPS) is 24.4. The first-order chi connectivity index (χ1) is 16.7. The van der Waals surface area contributed by atoms with E-state index >= 15 is 0 Å². The molecule has 3 aliphatic rings. The van der Waals surface area contributed by atoms with Crippen LogP contribution >= 0.6 is 0 Å². The van der Waals surface area contributed by atoms with Gasteiger partial charge in [-0.1, -0.05) is 6.07 Å². The number of fused-ring (bicyclic) bond motifs is 2. The maximum absolute atomic E-state index is 13.5. The molecule has 11 heteroatoms. The van der Waals surface area contributed by atoms with Crippen LogP contribution in [0.5, 0.6) is 0 Å². The Balaban J connectivity index is 1.42. The molecule has 0 radical (unpaired) electrons. The SMILES string of the molecule is O=C1NC2CCC(c3c(C(=O)Nc4ccccn4)nc4c(N5CCOCC5)nccn34)CC2N1. The van der Waals surface area contributed by atoms with Crippen LogP contribution in [-0.4, -0.2) is 69.7 Å². The van der Waals surface area contributed by atoms with E-state index in [1.54, 1.807) is 24.5 Å². The molecule has 0 spiro atoms. The van der Waals surface area contributed by atoms with Crippen LogP contribution in [0, 0.1) is 0 Å². The van der Waals surface area contributed by atoms with E-state index in [-0.39, 0.29) is 29.9 Å². The van der Waals surface area contributed by atoms with Crippen LogP contribution in [0.25, 0.3) is 5.65 Å². The number of hydrogen-bond acceptors (Lipinski definition) is 7. The monoisotopic (exact) mass is 462 g/mol. The molecular weight excluding hydrogens is 436 g/mol. The lowest BCUT2D eigenvalue weighted by atomic mass is 9.80. The van der Waals surface area contributed by atoms with Gasteiger partial charge in [-0.3, -0.25) is 9.20 Å². The topological polar surface area (TPSA) is 126 Å². The Morgan fingerprint density at radius 3 is 2.76 bits per heavy atom. The number of ether oxygens (including phenoxy) is 1. The molecule has 11 nitrogen and oxygen atoms in total. The first-order valence-electron chi connectivity index (χ1n) is 11.7. The molecule has 2 aliphatic heterocycles. The smallest absolute Gasteiger partial charge is 0.315 e. The molecule has 6 rings (SSSR count). The minimum atomic E-state index is -0.305. The summed E-state index contributed by atoms with van der Waals surface area (Å²) in [7, 11) is 0. The van der Waals surface area contributed by atoms with E-state index in [1.807, 2.05) is 16.7 Å². The van der Waals surface area contributed by atoms with E-state index < -0.39 is 0 Å². The fraction of sp³-hybridized carbons (Fsp3) is 0.435. The highest BCUT2D eigenvalue weighted by molar-refractivity contribution is 6.04. The van der Waals surface area contributed by atoms with Crippen molar-refractivity contribution in [2.24, 2.45) is 0 Å². The van der Waals surface area contributed by atoms with Crippen molar-refractivity contribution < 1.29 is 14.3 Å². The number of pyridine rings is 1. The lowest BCUT2D eigenvalue weighted by Crippen LogP contribution is -2.39. The first kappa shape index (κ1) is 20.8. The van der Waals surface area contributed by atoms with E-state index in [0.29, 0.717) is 30.4 Å². The maximum Gasteiger partial charge on any atom is 0.315 e. The number of carbonyl (C=O) groups excluding carboxylic acids is 2. The van der Waals surface area contributed by atoms with Gasteiger partial charge in [-0.25, -0.2) is 19.7 Å². The second kappa shape index (κ2) is 8.56. The Morgan fingerprint density at radius 1 is 1.09 bits per heavy atom. The highest BCUT2D eigenvalue weighted by atomic mass is 16.5. The summed E-state index contributed by atoms with van der Waals surface area (Å²) < 4.78 is 7.50. The van der Waals surface area contributed by atoms with Crippen molar-refractivity contribution in [3.05, 3.63) is 48.2 Å². The van der Waals surface area contributed by atoms with Crippen molar-refractivity contribution in [2.45, 2.75) is 37.3 Å². The van der Waals surface area contributed by atoms with Crippen molar-refractivity contribution in [3.63, 3.8) is 0 Å². The third-order valence-corrected chi connectivity index (χ3v) is 6.86. The van der Waals surface area contributed by atoms with Crippen LogP contribution in [0.3, 0.4) is 0 Å². The third kappa shape index (κ3) is 3.71. The van der Waals surface area contributed by atoms with Crippen LogP contribution < -0.4 is 20.9 Å². The number of rotatable bonds is 4. The molecule has 1 saturated carbocycles. The number of amides is 3. The summed E-state index contributed by atoms with van der Waals surface area (Å²) in [6, 6.07) is 5.40. The number of nitrogens with one attached hydrogen (secondary N) is 3. The quantitative estimate of drug-likeness (QED) is 0.537. The molecule has 5 heterocycles. The standard InChI is InChI=1S/C23H26N8O3/c32-22(28-17-3-1-2-6-24-17)18-19(14-4-5-15-16(13-14)27-23(33)26-15)31-8-7-25-20(21(31)29-18)30-9-11-34-12-10-30/h1-3,6-8,14-16H,4-5,9-13H2,(H,24,28,32)(H2,26,27,33). The molecule has 3 aromatic heterocycles. The largest absolute Gasteiger partial charge is 0.378 e. The van der Waals surface area contributed by atoms with Crippen LogP contribution in [0.2, 0.25) is 0 Å². The zero-order valence-corrected chi connectivity index (χ0v) is 18.6. The predicted molar refractivity (Wildman–Crippen MR) is 124 cm³/mol. The number of imidazole rings is 1. The van der Waals surface area contributed by atoms with Crippen molar-refractivity contribution in [1.29, 1.82) is 0 Å². The van der Waals surface area contributed by atoms with Crippen molar-refractivity contribution in [2.75, 3.05) is 36.5 Å². The molecule has 34 heavy (non-hydrogen) atoms. The van der Waals surface area contributed by atoms with E-state index in [1.165, 1.54) is 0 Å². The zero-order valence-electron chi connectivity index (χ0n) is 18.6. The Labute approximate surface area is 195 Å². The van der Waals surface area contributed by atoms with Crippen molar-refractivity contribution in [1.82, 2.24) is 30.0 Å². The number of nitrogens with zero attached hydrogens (tertiary/aromatic N) is 5. The summed E-state index contributed by atoms with van der Waals surface area (Å²) in [5.41, 5.74) is 1.87. The number of morpholine rings is 1. The van der Waals surface area contributed by atoms with Gasteiger partial charge in [-0.2, -0.15) is 0 Å². The van der Waals surface area contributed by atoms with Gasteiger partial charge in [0, 0.05) is 37.6 Å². The maximum atomic E-state index is 13.5. The number of anilines is 2. The van der Waals surface area contributed by atoms with E-state index in [4.69, 9.17) is 9.72 Å². The Morgan fingerprint density at radius 2 is 1.94 bits per heavy atom. The minimum Gasteiger partial charge on any atom is -0.378 e. The first-order valence-corrected chi connectivity index (χ1v) is 11.7. The van der Waals surface area contributed by atoms with Gasteiger partial charge in [0.15, 0.2) is 17.2 Å². The number of carbonyl (C=O) groups is 2. The van der Waals surface area contributed by atoms with Gasteiger partial charge in [0.2, 0.25) is 0 Å². The molecule has 3 amide bonds. The van der Waals surface area contributed by atoms with Gasteiger partial charge in [-0.05, 0) is 31.4 Å². The summed E-state index contributed by atoms with van der Waals surface area (Å²) in [6.07, 6.45) is 7.68. The molecule has 3 aromatic rings. The summed E-state index contributed by atoms with van der Waals surface area (Å²) in [5.74, 6) is 0.966. The molecule has 0 bridgehead atoms. The van der Waals surface area contributed by atoms with E-state index in [0.717, 1.165) is 43.9 Å². The summed E-state index contributed by atoms with van der Waals surface area (Å²) in [5, 5.41) is 8.90. The summed E-state index contributed by atoms with van der Waals surface area (Å²) in [4.78, 5) is 41.2. The lowest BCUT2D eigenvalue weighted by molar-refractivity contribution is 0.102. The fourth-order valence-electron chi connectivity index (χ4n) is 5.28. The van der Waals surface area contributed by atoms with Gasteiger partial charge in [0.25, 0.3) is 5.91 Å². The second-order valence-corrected chi connectivity index (χ2v) is 8.90. The average Bonchev–Trinajstić information content (AvgIpc) is 3.44. The highest BCUT2D eigenvalue weighted by Gasteiger charge is 2.40. The van der Waals surface area contributed by atoms with Gasteiger partial charge in [-0.15, -0.1) is 0 Å². The number of hydrogen-bond donors (Lipinski definition) is 3. The van der Waals surface area contributed by atoms with Gasteiger partial charge in [0.05, 0.1) is 31.0 Å². The second-order valence-electron chi connectivity index (χ2n) is 8.90. The van der Waals surface area contributed by atoms with Crippen LogP contribution in [0.4, 0.5) is 16.4 Å². The average molecular weight is 463 g/mol. The van der Waals surface area contributed by atoms with Gasteiger partial charge >= 0.3 is 6.03 Å². The Bertz CT molecular complexity index is 1220. The molecule has 176 valence electrons.